The molecule has 0 bridgehead atoms. The van der Waals surface area contributed by atoms with Crippen LogP contribution in [0.1, 0.15) is 47.5 Å². The number of hydrogen-bond acceptors (Lipinski definition) is 1. The summed E-state index contributed by atoms with van der Waals surface area (Å²) in [5.41, 5.74) is 0.172. The quantitative estimate of drug-likeness (QED) is 0.740. The van der Waals surface area contributed by atoms with Crippen LogP contribution < -0.4 is 5.32 Å². The molecule has 3 unspecified atom stereocenters. The smallest absolute Gasteiger partial charge is 0.223 e. The monoisotopic (exact) mass is 197 g/mol. The normalized spacial score (nSPS) is 37.7. The van der Waals surface area contributed by atoms with E-state index in [1.54, 1.807) is 0 Å². The maximum atomic E-state index is 11.7. The van der Waals surface area contributed by atoms with Crippen molar-refractivity contribution in [1.29, 1.82) is 0 Å². The first-order valence-electron chi connectivity index (χ1n) is 5.81. The molecule has 1 saturated heterocycles. The van der Waals surface area contributed by atoms with Gasteiger partial charge in [-0.3, -0.25) is 4.79 Å². The van der Waals surface area contributed by atoms with Crippen LogP contribution in [0.2, 0.25) is 0 Å². The average Bonchev–Trinajstić information content (AvgIpc) is 2.40. The minimum atomic E-state index is 0.164. The number of carbonyl (C=O) groups excluding carboxylic acids is 1. The van der Waals surface area contributed by atoms with Crippen LogP contribution in [0.4, 0.5) is 0 Å². The largest absolute Gasteiger partial charge is 0.353 e. The molecule has 3 atom stereocenters. The fraction of sp³-hybridized carbons (Fsp3) is 0.917. The predicted octanol–water partition coefficient (Wildman–Crippen LogP) is 2.58. The number of carbonyl (C=O) groups is 1. The fourth-order valence-electron chi connectivity index (χ4n) is 3.32. The number of hydrogen-bond donors (Lipinski definition) is 1. The first kappa shape index (κ1) is 11.5. The lowest BCUT2D eigenvalue weighted by atomic mass is 9.64. The minimum absolute atomic E-state index is 0.164. The molecule has 0 aliphatic carbocycles. The molecule has 1 fully saturated rings. The van der Waals surface area contributed by atoms with Gasteiger partial charge in [0.2, 0.25) is 5.91 Å². The zero-order valence-electron chi connectivity index (χ0n) is 10.1. The first-order valence-corrected chi connectivity index (χ1v) is 5.81. The Morgan fingerprint density at radius 1 is 1.43 bits per heavy atom. The SMILES string of the molecule is CCC1NC(=O)C(C)C1(CC)C(C)C. The molecule has 1 amide bonds. The van der Waals surface area contributed by atoms with Crippen molar-refractivity contribution >= 4 is 5.91 Å². The molecule has 1 rings (SSSR count). The predicted molar refractivity (Wildman–Crippen MR) is 58.9 cm³/mol. The Labute approximate surface area is 87.5 Å². The second kappa shape index (κ2) is 3.92. The molecule has 0 radical (unpaired) electrons. The van der Waals surface area contributed by atoms with Crippen molar-refractivity contribution in [3.63, 3.8) is 0 Å². The molecule has 14 heavy (non-hydrogen) atoms. The highest BCUT2D eigenvalue weighted by Gasteiger charge is 2.52. The number of rotatable bonds is 3. The summed E-state index contributed by atoms with van der Waals surface area (Å²) >= 11 is 0. The maximum Gasteiger partial charge on any atom is 0.223 e. The van der Waals surface area contributed by atoms with Gasteiger partial charge < -0.3 is 5.32 Å². The molecule has 1 aliphatic rings. The van der Waals surface area contributed by atoms with E-state index in [4.69, 9.17) is 0 Å². The molecule has 0 aromatic rings. The topological polar surface area (TPSA) is 29.1 Å². The zero-order valence-corrected chi connectivity index (χ0v) is 10.1. The minimum Gasteiger partial charge on any atom is -0.353 e. The van der Waals surface area contributed by atoms with Crippen LogP contribution in [-0.4, -0.2) is 11.9 Å². The number of nitrogens with one attached hydrogen (secondary N) is 1. The second-order valence-corrected chi connectivity index (χ2v) is 4.81. The third-order valence-corrected chi connectivity index (χ3v) is 4.26. The molecule has 0 spiro atoms. The van der Waals surface area contributed by atoms with Crippen molar-refractivity contribution in [2.24, 2.45) is 17.3 Å². The van der Waals surface area contributed by atoms with Crippen molar-refractivity contribution in [2.45, 2.75) is 53.5 Å². The Morgan fingerprint density at radius 3 is 2.29 bits per heavy atom. The van der Waals surface area contributed by atoms with Gasteiger partial charge in [-0.15, -0.1) is 0 Å². The highest BCUT2D eigenvalue weighted by molar-refractivity contribution is 5.82. The van der Waals surface area contributed by atoms with Crippen molar-refractivity contribution < 1.29 is 4.79 Å². The van der Waals surface area contributed by atoms with E-state index >= 15 is 0 Å². The standard InChI is InChI=1S/C12H23NO/c1-6-10-12(7-2,8(3)4)9(5)11(14)13-10/h8-10H,6-7H2,1-5H3,(H,13,14). The summed E-state index contributed by atoms with van der Waals surface area (Å²) in [6.07, 6.45) is 2.13. The van der Waals surface area contributed by atoms with Gasteiger partial charge in [-0.05, 0) is 18.8 Å². The van der Waals surface area contributed by atoms with E-state index in [0.717, 1.165) is 12.8 Å². The Balaban J connectivity index is 3.06. The van der Waals surface area contributed by atoms with E-state index in [2.05, 4.69) is 39.9 Å². The maximum absolute atomic E-state index is 11.7. The van der Waals surface area contributed by atoms with Crippen LogP contribution in [0, 0.1) is 17.3 Å². The van der Waals surface area contributed by atoms with Gasteiger partial charge in [-0.2, -0.15) is 0 Å². The van der Waals surface area contributed by atoms with Crippen LogP contribution in [0.5, 0.6) is 0 Å². The number of amides is 1. The lowest BCUT2D eigenvalue weighted by Crippen LogP contribution is -2.42. The highest BCUT2D eigenvalue weighted by atomic mass is 16.2. The Morgan fingerprint density at radius 2 is 2.00 bits per heavy atom. The highest BCUT2D eigenvalue weighted by Crippen LogP contribution is 2.47. The Hall–Kier alpha value is -0.530. The molecule has 0 aromatic carbocycles. The van der Waals surface area contributed by atoms with Crippen LogP contribution in [-0.2, 0) is 4.79 Å². The lowest BCUT2D eigenvalue weighted by Gasteiger charge is -2.40. The second-order valence-electron chi connectivity index (χ2n) is 4.81. The molecule has 0 saturated carbocycles. The van der Waals surface area contributed by atoms with E-state index in [1.165, 1.54) is 0 Å². The summed E-state index contributed by atoms with van der Waals surface area (Å²) in [5.74, 6) is 0.969. The van der Waals surface area contributed by atoms with E-state index < -0.39 is 0 Å². The summed E-state index contributed by atoms with van der Waals surface area (Å²) in [5, 5.41) is 3.14. The summed E-state index contributed by atoms with van der Waals surface area (Å²) in [6.45, 7) is 10.9. The summed E-state index contributed by atoms with van der Waals surface area (Å²) in [4.78, 5) is 11.7. The molecule has 1 N–H and O–H groups in total. The molecule has 2 nitrogen and oxygen atoms in total. The third kappa shape index (κ3) is 1.35. The zero-order chi connectivity index (χ0) is 10.9. The average molecular weight is 197 g/mol. The molecular weight excluding hydrogens is 174 g/mol. The van der Waals surface area contributed by atoms with Crippen molar-refractivity contribution in [3.05, 3.63) is 0 Å². The van der Waals surface area contributed by atoms with Gasteiger partial charge in [0.25, 0.3) is 0 Å². The summed E-state index contributed by atoms with van der Waals surface area (Å²) in [7, 11) is 0. The Bertz CT molecular complexity index is 224. The fourth-order valence-corrected chi connectivity index (χ4v) is 3.32. The lowest BCUT2D eigenvalue weighted by molar-refractivity contribution is -0.123. The molecule has 0 aromatic heterocycles. The summed E-state index contributed by atoms with van der Waals surface area (Å²) < 4.78 is 0. The van der Waals surface area contributed by atoms with Crippen molar-refractivity contribution in [2.75, 3.05) is 0 Å². The van der Waals surface area contributed by atoms with E-state index in [-0.39, 0.29) is 17.2 Å². The van der Waals surface area contributed by atoms with E-state index in [0.29, 0.717) is 12.0 Å². The van der Waals surface area contributed by atoms with Gasteiger partial charge in [-0.25, -0.2) is 0 Å². The van der Waals surface area contributed by atoms with Gasteiger partial charge in [0.05, 0.1) is 0 Å². The van der Waals surface area contributed by atoms with E-state index in [9.17, 15) is 4.79 Å². The van der Waals surface area contributed by atoms with Crippen LogP contribution >= 0.6 is 0 Å². The van der Waals surface area contributed by atoms with Gasteiger partial charge in [0.15, 0.2) is 0 Å². The molecular formula is C12H23NO. The summed E-state index contributed by atoms with van der Waals surface area (Å²) in [6, 6.07) is 0.370. The van der Waals surface area contributed by atoms with Crippen molar-refractivity contribution in [1.82, 2.24) is 5.32 Å². The first-order chi connectivity index (χ1) is 6.50. The van der Waals surface area contributed by atoms with Gasteiger partial charge in [0, 0.05) is 17.4 Å². The molecule has 2 heteroatoms. The van der Waals surface area contributed by atoms with E-state index in [1.807, 2.05) is 0 Å². The third-order valence-electron chi connectivity index (χ3n) is 4.26. The van der Waals surface area contributed by atoms with Crippen LogP contribution in [0.3, 0.4) is 0 Å². The Kier molecular flexibility index (Phi) is 3.23. The van der Waals surface area contributed by atoms with Crippen LogP contribution in [0.25, 0.3) is 0 Å². The van der Waals surface area contributed by atoms with Gasteiger partial charge in [0.1, 0.15) is 0 Å². The molecule has 82 valence electrons. The van der Waals surface area contributed by atoms with Gasteiger partial charge >= 0.3 is 0 Å². The molecule has 1 aliphatic heterocycles. The van der Waals surface area contributed by atoms with Gasteiger partial charge in [-0.1, -0.05) is 34.6 Å². The van der Waals surface area contributed by atoms with Crippen molar-refractivity contribution in [3.8, 4) is 0 Å². The molecule has 1 heterocycles. The van der Waals surface area contributed by atoms with Crippen LogP contribution in [0.15, 0.2) is 0 Å².